The standard InChI is InChI=1S/C13H26N2O/c1-2-15(12-6-5-8-14-10-12)11-13-7-3-4-9-16-13/h12-14H,2-11H2,1H3. The van der Waals surface area contributed by atoms with E-state index in [1.54, 1.807) is 0 Å². The minimum Gasteiger partial charge on any atom is -0.377 e. The number of hydrogen-bond acceptors (Lipinski definition) is 3. The minimum atomic E-state index is 0.496. The van der Waals surface area contributed by atoms with Gasteiger partial charge in [0.25, 0.3) is 0 Å². The molecule has 2 aliphatic heterocycles. The van der Waals surface area contributed by atoms with Crippen molar-refractivity contribution in [1.29, 1.82) is 0 Å². The minimum absolute atomic E-state index is 0.496. The summed E-state index contributed by atoms with van der Waals surface area (Å²) in [6.45, 7) is 7.92. The van der Waals surface area contributed by atoms with Gasteiger partial charge in [-0.1, -0.05) is 6.92 Å². The molecule has 0 amide bonds. The Balaban J connectivity index is 1.78. The van der Waals surface area contributed by atoms with Crippen molar-refractivity contribution in [3.63, 3.8) is 0 Å². The maximum Gasteiger partial charge on any atom is 0.0702 e. The van der Waals surface area contributed by atoms with Gasteiger partial charge in [0.05, 0.1) is 6.10 Å². The first-order chi connectivity index (χ1) is 7.90. The lowest BCUT2D eigenvalue weighted by Gasteiger charge is -2.37. The third-order valence-corrected chi connectivity index (χ3v) is 3.91. The van der Waals surface area contributed by atoms with Gasteiger partial charge in [0.15, 0.2) is 0 Å². The van der Waals surface area contributed by atoms with Crippen LogP contribution in [0.1, 0.15) is 39.0 Å². The smallest absolute Gasteiger partial charge is 0.0702 e. The molecular weight excluding hydrogens is 200 g/mol. The molecule has 16 heavy (non-hydrogen) atoms. The van der Waals surface area contributed by atoms with Gasteiger partial charge in [0.1, 0.15) is 0 Å². The number of nitrogens with zero attached hydrogens (tertiary/aromatic N) is 1. The highest BCUT2D eigenvalue weighted by atomic mass is 16.5. The number of likely N-dealkylation sites (N-methyl/N-ethyl adjacent to an activating group) is 1. The molecule has 3 nitrogen and oxygen atoms in total. The molecule has 0 radical (unpaired) electrons. The van der Waals surface area contributed by atoms with E-state index in [-0.39, 0.29) is 0 Å². The normalized spacial score (nSPS) is 31.9. The molecule has 0 bridgehead atoms. The van der Waals surface area contributed by atoms with E-state index in [1.165, 1.54) is 45.2 Å². The Labute approximate surface area is 99.5 Å². The Morgan fingerprint density at radius 3 is 2.81 bits per heavy atom. The number of piperidine rings is 1. The average Bonchev–Trinajstić information content (AvgIpc) is 2.38. The maximum absolute atomic E-state index is 5.84. The van der Waals surface area contributed by atoms with Crippen molar-refractivity contribution in [3.8, 4) is 0 Å². The number of hydrogen-bond donors (Lipinski definition) is 1. The zero-order chi connectivity index (χ0) is 11.2. The van der Waals surface area contributed by atoms with Gasteiger partial charge in [-0.05, 0) is 45.2 Å². The second-order valence-corrected chi connectivity index (χ2v) is 5.08. The molecule has 2 heterocycles. The SMILES string of the molecule is CCN(CC1CCCCO1)C1CCCNC1. The first kappa shape index (κ1) is 12.3. The Bertz CT molecular complexity index is 186. The van der Waals surface area contributed by atoms with Crippen LogP contribution in [0.4, 0.5) is 0 Å². The summed E-state index contributed by atoms with van der Waals surface area (Å²) >= 11 is 0. The van der Waals surface area contributed by atoms with Gasteiger partial charge in [-0.25, -0.2) is 0 Å². The second kappa shape index (κ2) is 6.58. The zero-order valence-electron chi connectivity index (χ0n) is 10.6. The third kappa shape index (κ3) is 3.44. The summed E-state index contributed by atoms with van der Waals surface area (Å²) in [6, 6.07) is 0.740. The molecule has 0 aromatic carbocycles. The van der Waals surface area contributed by atoms with Crippen molar-refractivity contribution < 1.29 is 4.74 Å². The van der Waals surface area contributed by atoms with E-state index in [4.69, 9.17) is 4.74 Å². The lowest BCUT2D eigenvalue weighted by molar-refractivity contribution is -0.0146. The van der Waals surface area contributed by atoms with Crippen LogP contribution in [0.25, 0.3) is 0 Å². The summed E-state index contributed by atoms with van der Waals surface area (Å²) in [5.41, 5.74) is 0. The van der Waals surface area contributed by atoms with Crippen molar-refractivity contribution in [3.05, 3.63) is 0 Å². The summed E-state index contributed by atoms with van der Waals surface area (Å²) < 4.78 is 5.84. The zero-order valence-corrected chi connectivity index (χ0v) is 10.6. The third-order valence-electron chi connectivity index (χ3n) is 3.91. The first-order valence-electron chi connectivity index (χ1n) is 6.96. The molecule has 0 aromatic rings. The highest BCUT2D eigenvalue weighted by molar-refractivity contribution is 4.80. The topological polar surface area (TPSA) is 24.5 Å². The van der Waals surface area contributed by atoms with Crippen molar-refractivity contribution >= 4 is 0 Å². The molecule has 3 heteroatoms. The van der Waals surface area contributed by atoms with Gasteiger partial charge in [-0.3, -0.25) is 4.90 Å². The molecule has 2 atom stereocenters. The van der Waals surface area contributed by atoms with Gasteiger partial charge >= 0.3 is 0 Å². The van der Waals surface area contributed by atoms with Gasteiger partial charge in [0.2, 0.25) is 0 Å². The Hall–Kier alpha value is -0.120. The molecule has 0 aliphatic carbocycles. The van der Waals surface area contributed by atoms with E-state index in [0.717, 1.165) is 25.7 Å². The van der Waals surface area contributed by atoms with Crippen molar-refractivity contribution in [2.45, 2.75) is 51.2 Å². The largest absolute Gasteiger partial charge is 0.377 e. The number of ether oxygens (including phenoxy) is 1. The van der Waals surface area contributed by atoms with E-state index in [1.807, 2.05) is 0 Å². The van der Waals surface area contributed by atoms with Crippen molar-refractivity contribution in [2.24, 2.45) is 0 Å². The van der Waals surface area contributed by atoms with E-state index in [9.17, 15) is 0 Å². The average molecular weight is 226 g/mol. The van der Waals surface area contributed by atoms with Crippen LogP contribution in [-0.2, 0) is 4.74 Å². The van der Waals surface area contributed by atoms with Gasteiger partial charge in [0, 0.05) is 25.7 Å². The fourth-order valence-electron chi connectivity index (χ4n) is 2.89. The second-order valence-electron chi connectivity index (χ2n) is 5.08. The summed E-state index contributed by atoms with van der Waals surface area (Å²) in [7, 11) is 0. The lowest BCUT2D eigenvalue weighted by Crippen LogP contribution is -2.49. The predicted molar refractivity (Wildman–Crippen MR) is 66.7 cm³/mol. The monoisotopic (exact) mass is 226 g/mol. The Morgan fingerprint density at radius 1 is 1.25 bits per heavy atom. The van der Waals surface area contributed by atoms with E-state index in [2.05, 4.69) is 17.1 Å². The Morgan fingerprint density at radius 2 is 2.19 bits per heavy atom. The molecule has 2 unspecified atom stereocenters. The summed E-state index contributed by atoms with van der Waals surface area (Å²) in [6.07, 6.45) is 7.05. The van der Waals surface area contributed by atoms with Crippen LogP contribution in [0, 0.1) is 0 Å². The fraction of sp³-hybridized carbons (Fsp3) is 1.00. The van der Waals surface area contributed by atoms with Crippen LogP contribution >= 0.6 is 0 Å². The molecular formula is C13H26N2O. The van der Waals surface area contributed by atoms with Crippen LogP contribution in [-0.4, -0.2) is 49.8 Å². The number of nitrogens with one attached hydrogen (secondary N) is 1. The van der Waals surface area contributed by atoms with E-state index >= 15 is 0 Å². The van der Waals surface area contributed by atoms with Crippen molar-refractivity contribution in [1.82, 2.24) is 10.2 Å². The first-order valence-corrected chi connectivity index (χ1v) is 6.96. The molecule has 1 N–H and O–H groups in total. The summed E-state index contributed by atoms with van der Waals surface area (Å²) in [4.78, 5) is 2.61. The molecule has 2 fully saturated rings. The van der Waals surface area contributed by atoms with E-state index in [0.29, 0.717) is 6.10 Å². The molecule has 2 saturated heterocycles. The maximum atomic E-state index is 5.84. The predicted octanol–water partition coefficient (Wildman–Crippen LogP) is 1.63. The van der Waals surface area contributed by atoms with Gasteiger partial charge in [-0.2, -0.15) is 0 Å². The van der Waals surface area contributed by atoms with Crippen LogP contribution in [0.3, 0.4) is 0 Å². The number of rotatable bonds is 4. The molecule has 94 valence electrons. The highest BCUT2D eigenvalue weighted by Crippen LogP contribution is 2.17. The highest BCUT2D eigenvalue weighted by Gasteiger charge is 2.23. The molecule has 0 saturated carbocycles. The van der Waals surface area contributed by atoms with E-state index < -0.39 is 0 Å². The quantitative estimate of drug-likeness (QED) is 0.788. The molecule has 0 spiro atoms. The fourth-order valence-corrected chi connectivity index (χ4v) is 2.89. The van der Waals surface area contributed by atoms with Gasteiger partial charge in [-0.15, -0.1) is 0 Å². The molecule has 2 aliphatic rings. The molecule has 0 aromatic heterocycles. The Kier molecular flexibility index (Phi) is 5.07. The summed E-state index contributed by atoms with van der Waals surface area (Å²) in [5.74, 6) is 0. The molecule has 2 rings (SSSR count). The summed E-state index contributed by atoms with van der Waals surface area (Å²) in [5, 5.41) is 3.50. The van der Waals surface area contributed by atoms with Crippen LogP contribution < -0.4 is 5.32 Å². The lowest BCUT2D eigenvalue weighted by atomic mass is 10.0. The van der Waals surface area contributed by atoms with Crippen LogP contribution in [0.15, 0.2) is 0 Å². The van der Waals surface area contributed by atoms with Crippen molar-refractivity contribution in [2.75, 3.05) is 32.8 Å². The van der Waals surface area contributed by atoms with Crippen LogP contribution in [0.5, 0.6) is 0 Å². The van der Waals surface area contributed by atoms with Gasteiger partial charge < -0.3 is 10.1 Å². The van der Waals surface area contributed by atoms with Crippen LogP contribution in [0.2, 0.25) is 0 Å².